The van der Waals surface area contributed by atoms with Crippen LogP contribution in [0.3, 0.4) is 0 Å². The number of nitrogens with zero attached hydrogens (tertiary/aromatic N) is 4. The van der Waals surface area contributed by atoms with E-state index in [0.29, 0.717) is 16.8 Å². The molecule has 0 saturated heterocycles. The minimum Gasteiger partial charge on any atom is -0.380 e. The summed E-state index contributed by atoms with van der Waals surface area (Å²) in [6.45, 7) is 4.26. The van der Waals surface area contributed by atoms with Crippen LogP contribution in [0, 0.1) is 13.8 Å². The summed E-state index contributed by atoms with van der Waals surface area (Å²) in [5.41, 5.74) is 3.85. The van der Waals surface area contributed by atoms with E-state index in [1.54, 1.807) is 7.11 Å². The Hall–Kier alpha value is -2.16. The van der Waals surface area contributed by atoms with Crippen molar-refractivity contribution >= 4 is 47.7 Å². The molecular weight excluding hydrogens is 416 g/mol. The molecule has 6 nitrogen and oxygen atoms in total. The van der Waals surface area contributed by atoms with Crippen LogP contribution in [-0.2, 0) is 11.3 Å². The van der Waals surface area contributed by atoms with Crippen molar-refractivity contribution in [3.8, 4) is 5.69 Å². The molecule has 0 aliphatic rings. The van der Waals surface area contributed by atoms with Crippen molar-refractivity contribution in [3.05, 3.63) is 55.9 Å². The number of methoxy groups -OCH3 is 1. The SMILES string of the molecule is COCc1c(Br)c(C)nc2sc3c(=O)n(-c4ccccc4C)nnc3c12. The molecule has 0 radical (unpaired) electrons. The number of benzene rings is 1. The van der Waals surface area contributed by atoms with Crippen molar-refractivity contribution in [2.45, 2.75) is 20.5 Å². The fraction of sp³-hybridized carbons (Fsp3) is 0.222. The molecule has 3 heterocycles. The zero-order chi connectivity index (χ0) is 18.4. The first-order valence-electron chi connectivity index (χ1n) is 7.95. The summed E-state index contributed by atoms with van der Waals surface area (Å²) >= 11 is 4.93. The van der Waals surface area contributed by atoms with E-state index in [0.717, 1.165) is 37.2 Å². The first kappa shape index (κ1) is 17.3. The van der Waals surface area contributed by atoms with Crippen molar-refractivity contribution in [1.82, 2.24) is 20.0 Å². The Bertz CT molecular complexity index is 1220. The largest absolute Gasteiger partial charge is 0.380 e. The Morgan fingerprint density at radius 2 is 2.04 bits per heavy atom. The Kier molecular flexibility index (Phi) is 4.34. The van der Waals surface area contributed by atoms with Crippen LogP contribution in [0.5, 0.6) is 0 Å². The second-order valence-corrected chi connectivity index (χ2v) is 7.77. The molecule has 4 rings (SSSR count). The number of aromatic nitrogens is 4. The summed E-state index contributed by atoms with van der Waals surface area (Å²) in [7, 11) is 1.64. The van der Waals surface area contributed by atoms with Gasteiger partial charge in [0.1, 0.15) is 15.0 Å². The van der Waals surface area contributed by atoms with E-state index in [1.165, 1.54) is 16.0 Å². The standard InChI is InChI=1S/C18H15BrN4O2S/c1-9-6-4-5-7-12(9)23-18(24)16-15(21-22-23)13-11(8-25-3)14(19)10(2)20-17(13)26-16/h4-7H,8H2,1-3H3. The van der Waals surface area contributed by atoms with Gasteiger partial charge < -0.3 is 4.74 Å². The summed E-state index contributed by atoms with van der Waals surface area (Å²) in [4.78, 5) is 18.5. The third-order valence-corrected chi connectivity index (χ3v) is 6.38. The van der Waals surface area contributed by atoms with Crippen LogP contribution in [0.1, 0.15) is 16.8 Å². The number of ether oxygens (including phenoxy) is 1. The first-order chi connectivity index (χ1) is 12.5. The smallest absolute Gasteiger partial charge is 0.292 e. The zero-order valence-corrected chi connectivity index (χ0v) is 16.8. The van der Waals surface area contributed by atoms with E-state index >= 15 is 0 Å². The van der Waals surface area contributed by atoms with Crippen LogP contribution in [0.25, 0.3) is 26.1 Å². The Morgan fingerprint density at radius 1 is 1.27 bits per heavy atom. The summed E-state index contributed by atoms with van der Waals surface area (Å²) in [6.07, 6.45) is 0. The fourth-order valence-electron chi connectivity index (χ4n) is 3.00. The maximum absolute atomic E-state index is 13.1. The van der Waals surface area contributed by atoms with Crippen molar-refractivity contribution < 1.29 is 4.74 Å². The van der Waals surface area contributed by atoms with Gasteiger partial charge in [0.2, 0.25) is 0 Å². The van der Waals surface area contributed by atoms with Gasteiger partial charge in [-0.25, -0.2) is 4.98 Å². The number of rotatable bonds is 3. The van der Waals surface area contributed by atoms with Crippen LogP contribution >= 0.6 is 27.3 Å². The molecule has 1 aromatic carbocycles. The van der Waals surface area contributed by atoms with Crippen LogP contribution < -0.4 is 5.56 Å². The molecule has 0 atom stereocenters. The van der Waals surface area contributed by atoms with E-state index < -0.39 is 0 Å². The lowest BCUT2D eigenvalue weighted by molar-refractivity contribution is 0.185. The molecule has 0 fully saturated rings. The Labute approximate surface area is 161 Å². The number of fused-ring (bicyclic) bond motifs is 3. The summed E-state index contributed by atoms with van der Waals surface area (Å²) in [5.74, 6) is 0. The highest BCUT2D eigenvalue weighted by Gasteiger charge is 2.20. The van der Waals surface area contributed by atoms with Gasteiger partial charge in [0.15, 0.2) is 0 Å². The highest BCUT2D eigenvalue weighted by Crippen LogP contribution is 2.36. The molecule has 26 heavy (non-hydrogen) atoms. The van der Waals surface area contributed by atoms with Crippen LogP contribution in [0.4, 0.5) is 0 Å². The quantitative estimate of drug-likeness (QED) is 0.492. The van der Waals surface area contributed by atoms with Crippen LogP contribution in [0.2, 0.25) is 0 Å². The number of aryl methyl sites for hydroxylation is 2. The van der Waals surface area contributed by atoms with Gasteiger partial charge in [0.05, 0.1) is 18.0 Å². The van der Waals surface area contributed by atoms with Gasteiger partial charge >= 0.3 is 0 Å². The van der Waals surface area contributed by atoms with E-state index in [-0.39, 0.29) is 5.56 Å². The molecular formula is C18H15BrN4O2S. The predicted octanol–water partition coefficient (Wildman–Crippen LogP) is 3.92. The van der Waals surface area contributed by atoms with Crippen LogP contribution in [0.15, 0.2) is 33.5 Å². The van der Waals surface area contributed by atoms with Crippen molar-refractivity contribution in [2.75, 3.05) is 7.11 Å². The third kappa shape index (κ3) is 2.56. The van der Waals surface area contributed by atoms with Crippen molar-refractivity contribution in [2.24, 2.45) is 0 Å². The highest BCUT2D eigenvalue weighted by atomic mass is 79.9. The molecule has 4 aromatic rings. The Morgan fingerprint density at radius 3 is 2.77 bits per heavy atom. The van der Waals surface area contributed by atoms with Gasteiger partial charge in [-0.15, -0.1) is 16.4 Å². The number of para-hydroxylation sites is 1. The van der Waals surface area contributed by atoms with E-state index in [2.05, 4.69) is 31.2 Å². The molecule has 0 N–H and O–H groups in total. The molecule has 132 valence electrons. The minimum atomic E-state index is -0.190. The maximum Gasteiger partial charge on any atom is 0.292 e. The third-order valence-electron chi connectivity index (χ3n) is 4.27. The summed E-state index contributed by atoms with van der Waals surface area (Å²) in [5, 5.41) is 9.38. The monoisotopic (exact) mass is 430 g/mol. The zero-order valence-electron chi connectivity index (χ0n) is 14.4. The molecule has 0 aliphatic heterocycles. The lowest BCUT2D eigenvalue weighted by atomic mass is 10.1. The number of thiophene rings is 1. The number of hydrogen-bond donors (Lipinski definition) is 0. The average molecular weight is 431 g/mol. The van der Waals surface area contributed by atoms with Gasteiger partial charge in [-0.05, 0) is 41.4 Å². The lowest BCUT2D eigenvalue weighted by Gasteiger charge is -2.08. The summed E-state index contributed by atoms with van der Waals surface area (Å²) in [6, 6.07) is 7.61. The summed E-state index contributed by atoms with van der Waals surface area (Å²) < 4.78 is 8.11. The molecule has 0 aliphatic carbocycles. The van der Waals surface area contributed by atoms with Gasteiger partial charge in [-0.2, -0.15) is 4.68 Å². The van der Waals surface area contributed by atoms with Gasteiger partial charge in [0, 0.05) is 22.5 Å². The lowest BCUT2D eigenvalue weighted by Crippen LogP contribution is -2.22. The average Bonchev–Trinajstić information content (AvgIpc) is 2.99. The van der Waals surface area contributed by atoms with Crippen molar-refractivity contribution in [1.29, 1.82) is 0 Å². The fourth-order valence-corrected chi connectivity index (χ4v) is 4.51. The van der Waals surface area contributed by atoms with Gasteiger partial charge in [0.25, 0.3) is 5.56 Å². The molecule has 0 saturated carbocycles. The molecule has 3 aromatic heterocycles. The molecule has 8 heteroatoms. The van der Waals surface area contributed by atoms with Gasteiger partial charge in [-0.1, -0.05) is 23.4 Å². The number of pyridine rings is 1. The number of hydrogen-bond acceptors (Lipinski definition) is 6. The Balaban J connectivity index is 2.09. The second kappa shape index (κ2) is 6.53. The van der Waals surface area contributed by atoms with Crippen molar-refractivity contribution in [3.63, 3.8) is 0 Å². The normalized spacial score (nSPS) is 11.5. The molecule has 0 amide bonds. The first-order valence-corrected chi connectivity index (χ1v) is 9.56. The topological polar surface area (TPSA) is 69.9 Å². The van der Waals surface area contributed by atoms with E-state index in [1.807, 2.05) is 38.1 Å². The second-order valence-electron chi connectivity index (χ2n) is 5.98. The van der Waals surface area contributed by atoms with Crippen LogP contribution in [-0.4, -0.2) is 27.1 Å². The van der Waals surface area contributed by atoms with Gasteiger partial charge in [-0.3, -0.25) is 4.79 Å². The van der Waals surface area contributed by atoms with E-state index in [4.69, 9.17) is 4.74 Å². The molecule has 0 bridgehead atoms. The predicted molar refractivity (Wildman–Crippen MR) is 106 cm³/mol. The number of halogens is 1. The van der Waals surface area contributed by atoms with E-state index in [9.17, 15) is 4.79 Å². The molecule has 0 spiro atoms. The highest BCUT2D eigenvalue weighted by molar-refractivity contribution is 9.10. The molecule has 0 unspecified atom stereocenters. The minimum absolute atomic E-state index is 0.190. The maximum atomic E-state index is 13.1.